The molecule has 1 aromatic rings. The van der Waals surface area contributed by atoms with E-state index in [0.717, 1.165) is 30.1 Å². The second kappa shape index (κ2) is 5.87. The van der Waals surface area contributed by atoms with Crippen molar-refractivity contribution >= 4 is 5.69 Å². The summed E-state index contributed by atoms with van der Waals surface area (Å²) < 4.78 is 5.28. The van der Waals surface area contributed by atoms with Gasteiger partial charge in [-0.3, -0.25) is 4.98 Å². The van der Waals surface area contributed by atoms with Gasteiger partial charge in [0.1, 0.15) is 0 Å². The predicted molar refractivity (Wildman–Crippen MR) is 69.7 cm³/mol. The molecule has 1 aromatic heterocycles. The van der Waals surface area contributed by atoms with E-state index >= 15 is 0 Å². The van der Waals surface area contributed by atoms with Crippen LogP contribution >= 0.6 is 0 Å². The van der Waals surface area contributed by atoms with E-state index in [2.05, 4.69) is 15.6 Å². The molecule has 0 bridgehead atoms. The summed E-state index contributed by atoms with van der Waals surface area (Å²) in [7, 11) is 1.68. The van der Waals surface area contributed by atoms with E-state index in [1.807, 2.05) is 13.0 Å². The first-order chi connectivity index (χ1) is 8.29. The number of aromatic nitrogens is 1. The number of methoxy groups -OCH3 is 1. The van der Waals surface area contributed by atoms with Crippen molar-refractivity contribution in [1.29, 1.82) is 0 Å². The van der Waals surface area contributed by atoms with Crippen LogP contribution in [0, 0.1) is 6.92 Å². The molecule has 1 atom stereocenters. The molecule has 1 saturated heterocycles. The molecule has 2 rings (SSSR count). The van der Waals surface area contributed by atoms with Crippen LogP contribution in [0.25, 0.3) is 0 Å². The number of rotatable bonds is 5. The first-order valence-corrected chi connectivity index (χ1v) is 6.27. The van der Waals surface area contributed by atoms with Gasteiger partial charge >= 0.3 is 0 Å². The fraction of sp³-hybridized carbons (Fsp3) is 0.615. The third kappa shape index (κ3) is 3.33. The van der Waals surface area contributed by atoms with Crippen molar-refractivity contribution in [3.8, 4) is 5.75 Å². The molecule has 0 unspecified atom stereocenters. The quantitative estimate of drug-likeness (QED) is 0.819. The number of nitrogens with one attached hydrogen (secondary N) is 2. The van der Waals surface area contributed by atoms with E-state index in [1.54, 1.807) is 13.3 Å². The van der Waals surface area contributed by atoms with Crippen LogP contribution in [-0.4, -0.2) is 31.2 Å². The second-order valence-electron chi connectivity index (χ2n) is 4.53. The molecule has 17 heavy (non-hydrogen) atoms. The molecule has 0 radical (unpaired) electrons. The second-order valence-corrected chi connectivity index (χ2v) is 4.53. The van der Waals surface area contributed by atoms with E-state index in [4.69, 9.17) is 4.74 Å². The largest absolute Gasteiger partial charge is 0.493 e. The normalized spacial score (nSPS) is 19.3. The van der Waals surface area contributed by atoms with E-state index in [-0.39, 0.29) is 0 Å². The molecule has 0 aliphatic carbocycles. The fourth-order valence-electron chi connectivity index (χ4n) is 2.23. The van der Waals surface area contributed by atoms with Gasteiger partial charge in [-0.25, -0.2) is 0 Å². The molecule has 1 fully saturated rings. The van der Waals surface area contributed by atoms with Gasteiger partial charge in [-0.15, -0.1) is 0 Å². The lowest BCUT2D eigenvalue weighted by Gasteiger charge is -2.14. The first-order valence-electron chi connectivity index (χ1n) is 6.27. The molecule has 94 valence electrons. The molecule has 1 aliphatic rings. The summed E-state index contributed by atoms with van der Waals surface area (Å²) in [6.07, 6.45) is 5.53. The molecule has 4 heteroatoms. The minimum Gasteiger partial charge on any atom is -0.493 e. The summed E-state index contributed by atoms with van der Waals surface area (Å²) in [5.74, 6) is 0.815. The summed E-state index contributed by atoms with van der Waals surface area (Å²) >= 11 is 0. The van der Waals surface area contributed by atoms with Gasteiger partial charge in [-0.1, -0.05) is 0 Å². The van der Waals surface area contributed by atoms with Crippen LogP contribution in [0.15, 0.2) is 12.3 Å². The maximum atomic E-state index is 5.28. The van der Waals surface area contributed by atoms with E-state index in [0.29, 0.717) is 6.04 Å². The number of hydrogen-bond acceptors (Lipinski definition) is 4. The molecule has 0 aromatic carbocycles. The van der Waals surface area contributed by atoms with Crippen LogP contribution < -0.4 is 15.4 Å². The summed E-state index contributed by atoms with van der Waals surface area (Å²) in [5.41, 5.74) is 2.05. The van der Waals surface area contributed by atoms with Crippen LogP contribution in [0.4, 0.5) is 5.69 Å². The maximum Gasteiger partial charge on any atom is 0.160 e. The number of pyridine rings is 1. The molecular formula is C13H21N3O. The standard InChI is InChI=1S/C13H21N3O/c1-10-8-12(13(17-2)9-16-10)15-7-5-11-4-3-6-14-11/h8-9,11,14H,3-7H2,1-2H3,(H,15,16)/t11-/m0/s1. The smallest absolute Gasteiger partial charge is 0.160 e. The Morgan fingerprint density at radius 2 is 2.47 bits per heavy atom. The number of aryl methyl sites for hydroxylation is 1. The van der Waals surface area contributed by atoms with Crippen molar-refractivity contribution in [3.63, 3.8) is 0 Å². The third-order valence-corrected chi connectivity index (χ3v) is 3.19. The summed E-state index contributed by atoms with van der Waals surface area (Å²) in [4.78, 5) is 4.22. The van der Waals surface area contributed by atoms with Crippen LogP contribution in [0.1, 0.15) is 25.0 Å². The molecule has 0 amide bonds. The average molecular weight is 235 g/mol. The minimum atomic E-state index is 0.677. The van der Waals surface area contributed by atoms with Gasteiger partial charge in [0.15, 0.2) is 5.75 Å². The molecule has 1 aliphatic heterocycles. The van der Waals surface area contributed by atoms with Gasteiger partial charge in [0, 0.05) is 18.3 Å². The minimum absolute atomic E-state index is 0.677. The average Bonchev–Trinajstić information content (AvgIpc) is 2.82. The van der Waals surface area contributed by atoms with Gasteiger partial charge in [-0.2, -0.15) is 0 Å². The molecule has 4 nitrogen and oxygen atoms in total. The van der Waals surface area contributed by atoms with E-state index < -0.39 is 0 Å². The molecular weight excluding hydrogens is 214 g/mol. The maximum absolute atomic E-state index is 5.28. The number of hydrogen-bond donors (Lipinski definition) is 2. The fourth-order valence-corrected chi connectivity index (χ4v) is 2.23. The van der Waals surface area contributed by atoms with Crippen molar-refractivity contribution in [2.24, 2.45) is 0 Å². The summed E-state index contributed by atoms with van der Waals surface area (Å²) in [6.45, 7) is 4.13. The molecule has 0 saturated carbocycles. The molecule has 2 N–H and O–H groups in total. The Bertz CT molecular complexity index is 362. The highest BCUT2D eigenvalue weighted by Gasteiger charge is 2.13. The van der Waals surface area contributed by atoms with Gasteiger partial charge in [-0.05, 0) is 38.8 Å². The third-order valence-electron chi connectivity index (χ3n) is 3.19. The Kier molecular flexibility index (Phi) is 4.20. The SMILES string of the molecule is COc1cnc(C)cc1NCC[C@@H]1CCCN1. The van der Waals surface area contributed by atoms with Crippen molar-refractivity contribution in [2.45, 2.75) is 32.2 Å². The van der Waals surface area contributed by atoms with Crippen molar-refractivity contribution < 1.29 is 4.74 Å². The number of nitrogens with zero attached hydrogens (tertiary/aromatic N) is 1. The highest BCUT2D eigenvalue weighted by molar-refractivity contribution is 5.55. The lowest BCUT2D eigenvalue weighted by atomic mass is 10.1. The Hall–Kier alpha value is -1.29. The Labute approximate surface area is 103 Å². The van der Waals surface area contributed by atoms with Crippen LogP contribution in [-0.2, 0) is 0 Å². The monoisotopic (exact) mass is 235 g/mol. The van der Waals surface area contributed by atoms with Gasteiger partial charge in [0.05, 0.1) is 19.0 Å². The van der Waals surface area contributed by atoms with Crippen LogP contribution in [0.3, 0.4) is 0 Å². The van der Waals surface area contributed by atoms with Crippen LogP contribution in [0.5, 0.6) is 5.75 Å². The predicted octanol–water partition coefficient (Wildman–Crippen LogP) is 1.95. The summed E-state index contributed by atoms with van der Waals surface area (Å²) in [5, 5.41) is 6.93. The van der Waals surface area contributed by atoms with Crippen molar-refractivity contribution in [1.82, 2.24) is 10.3 Å². The zero-order valence-electron chi connectivity index (χ0n) is 10.6. The molecule has 0 spiro atoms. The topological polar surface area (TPSA) is 46.2 Å². The Morgan fingerprint density at radius 3 is 3.18 bits per heavy atom. The highest BCUT2D eigenvalue weighted by atomic mass is 16.5. The zero-order chi connectivity index (χ0) is 12.1. The Balaban J connectivity index is 1.86. The van der Waals surface area contributed by atoms with Gasteiger partial charge < -0.3 is 15.4 Å². The van der Waals surface area contributed by atoms with Gasteiger partial charge in [0.2, 0.25) is 0 Å². The lowest BCUT2D eigenvalue weighted by Crippen LogP contribution is -2.24. The van der Waals surface area contributed by atoms with E-state index in [9.17, 15) is 0 Å². The Morgan fingerprint density at radius 1 is 1.59 bits per heavy atom. The molecule has 2 heterocycles. The number of ether oxygens (including phenoxy) is 1. The van der Waals surface area contributed by atoms with Crippen molar-refractivity contribution in [3.05, 3.63) is 18.0 Å². The van der Waals surface area contributed by atoms with Crippen LogP contribution in [0.2, 0.25) is 0 Å². The van der Waals surface area contributed by atoms with Crippen molar-refractivity contribution in [2.75, 3.05) is 25.5 Å². The first kappa shape index (κ1) is 12.2. The highest BCUT2D eigenvalue weighted by Crippen LogP contribution is 2.23. The zero-order valence-corrected chi connectivity index (χ0v) is 10.6. The van der Waals surface area contributed by atoms with Gasteiger partial charge in [0.25, 0.3) is 0 Å². The summed E-state index contributed by atoms with van der Waals surface area (Å²) in [6, 6.07) is 2.71. The lowest BCUT2D eigenvalue weighted by molar-refractivity contribution is 0.414. The number of anilines is 1. The van der Waals surface area contributed by atoms with E-state index in [1.165, 1.54) is 19.4 Å².